The molecular weight excluding hydrogens is 490 g/mol. The van der Waals surface area contributed by atoms with Crippen molar-refractivity contribution in [2.75, 3.05) is 28.6 Å². The van der Waals surface area contributed by atoms with E-state index in [9.17, 15) is 22.4 Å². The lowest BCUT2D eigenvalue weighted by Crippen LogP contribution is -2.48. The highest BCUT2D eigenvalue weighted by Gasteiger charge is 2.33. The minimum Gasteiger partial charge on any atom is -0.350 e. The largest absolute Gasteiger partial charge is 0.419 e. The van der Waals surface area contributed by atoms with Crippen LogP contribution in [0.25, 0.3) is 11.0 Å². The number of aromatic nitrogens is 4. The summed E-state index contributed by atoms with van der Waals surface area (Å²) in [5.41, 5.74) is 3.11. The number of allylic oxidation sites excluding steroid dienone is 1. The molecule has 2 N–H and O–H groups in total. The van der Waals surface area contributed by atoms with Crippen LogP contribution in [0.1, 0.15) is 37.8 Å². The molecule has 198 valence electrons. The van der Waals surface area contributed by atoms with Crippen LogP contribution in [0.4, 0.5) is 35.1 Å². The maximum absolute atomic E-state index is 14.7. The maximum Gasteiger partial charge on any atom is 0.419 e. The van der Waals surface area contributed by atoms with E-state index in [1.54, 1.807) is 11.0 Å². The molecule has 0 bridgehead atoms. The van der Waals surface area contributed by atoms with Crippen molar-refractivity contribution in [3.8, 4) is 0 Å². The first-order chi connectivity index (χ1) is 17.4. The van der Waals surface area contributed by atoms with Crippen molar-refractivity contribution in [2.24, 2.45) is 7.05 Å². The third-order valence-corrected chi connectivity index (χ3v) is 6.17. The first-order valence-corrected chi connectivity index (χ1v) is 11.9. The molecule has 8 nitrogen and oxygen atoms in total. The predicted molar refractivity (Wildman–Crippen MR) is 134 cm³/mol. The number of amides is 1. The molecule has 3 heterocycles. The fraction of sp³-hybridized carbons (Fsp3) is 0.440. The van der Waals surface area contributed by atoms with E-state index in [1.165, 1.54) is 0 Å². The molecule has 2 aromatic heterocycles. The summed E-state index contributed by atoms with van der Waals surface area (Å²) in [6, 6.07) is 3.29. The number of carbonyl (C=O) groups is 1. The number of nitrogens with zero attached hydrogens (tertiary/aromatic N) is 5. The standard InChI is InChI=1S/C25H29F4N7O/c1-14(2)5-6-22(37)33-19-9-20-21(7-15(19)3)35(4)24(34-20)36-12-17(26)8-18(13-36)32-23-30-10-16(11-31-23)25(27,28)29/h5,7,9-11,17-18H,6,8,12-13H2,1-4H3,(H,33,37)(H,30,31,32)/t17-,18+/m1/s1. The maximum atomic E-state index is 14.7. The van der Waals surface area contributed by atoms with Gasteiger partial charge in [0.1, 0.15) is 6.17 Å². The van der Waals surface area contributed by atoms with Crippen LogP contribution < -0.4 is 15.5 Å². The van der Waals surface area contributed by atoms with Gasteiger partial charge in [0, 0.05) is 50.6 Å². The van der Waals surface area contributed by atoms with Gasteiger partial charge in [-0.3, -0.25) is 4.79 Å². The number of halogens is 4. The van der Waals surface area contributed by atoms with Crippen molar-refractivity contribution < 1.29 is 22.4 Å². The zero-order valence-electron chi connectivity index (χ0n) is 21.0. The Morgan fingerprint density at radius 2 is 1.89 bits per heavy atom. The molecule has 12 heteroatoms. The van der Waals surface area contributed by atoms with Gasteiger partial charge in [0.25, 0.3) is 0 Å². The van der Waals surface area contributed by atoms with E-state index < -0.39 is 24.0 Å². The topological polar surface area (TPSA) is 88.0 Å². The van der Waals surface area contributed by atoms with Gasteiger partial charge in [-0.05, 0) is 38.5 Å². The fourth-order valence-corrected chi connectivity index (χ4v) is 4.28. The number of alkyl halides is 4. The quantitative estimate of drug-likeness (QED) is 0.352. The highest BCUT2D eigenvalue weighted by molar-refractivity contribution is 5.95. The molecule has 0 unspecified atom stereocenters. The Kier molecular flexibility index (Phi) is 7.37. The zero-order valence-corrected chi connectivity index (χ0v) is 21.0. The smallest absolute Gasteiger partial charge is 0.350 e. The third kappa shape index (κ3) is 6.17. The van der Waals surface area contributed by atoms with Crippen molar-refractivity contribution in [3.63, 3.8) is 0 Å². The molecule has 0 saturated carbocycles. The monoisotopic (exact) mass is 519 g/mol. The van der Waals surface area contributed by atoms with E-state index in [0.717, 1.165) is 16.7 Å². The van der Waals surface area contributed by atoms with Crippen molar-refractivity contribution in [1.82, 2.24) is 19.5 Å². The molecule has 0 aliphatic carbocycles. The number of hydrogen-bond donors (Lipinski definition) is 2. The van der Waals surface area contributed by atoms with Crippen molar-refractivity contribution in [2.45, 2.75) is 52.0 Å². The second-order valence-corrected chi connectivity index (χ2v) is 9.53. The third-order valence-electron chi connectivity index (χ3n) is 6.17. The summed E-state index contributed by atoms with van der Waals surface area (Å²) in [7, 11) is 1.83. The lowest BCUT2D eigenvalue weighted by atomic mass is 10.0. The summed E-state index contributed by atoms with van der Waals surface area (Å²) >= 11 is 0. The number of rotatable bonds is 6. The molecule has 37 heavy (non-hydrogen) atoms. The number of piperidine rings is 1. The van der Waals surface area contributed by atoms with Crippen LogP contribution in [-0.4, -0.2) is 50.7 Å². The Morgan fingerprint density at radius 3 is 2.54 bits per heavy atom. The van der Waals surface area contributed by atoms with E-state index in [1.807, 2.05) is 44.5 Å². The van der Waals surface area contributed by atoms with Gasteiger partial charge in [-0.1, -0.05) is 11.6 Å². The molecule has 1 aliphatic heterocycles. The Labute approximate surface area is 211 Å². The SMILES string of the molecule is CC(C)=CCC(=O)Nc1cc2nc(N3C[C@H](F)C[C@H](Nc4ncc(C(F)(F)F)cn4)C3)n(C)c2cc1C. The number of anilines is 3. The summed E-state index contributed by atoms with van der Waals surface area (Å²) in [4.78, 5) is 26.3. The predicted octanol–water partition coefficient (Wildman–Crippen LogP) is 5.01. The summed E-state index contributed by atoms with van der Waals surface area (Å²) in [6.07, 6.45) is -2.03. The number of aryl methyl sites for hydroxylation is 2. The van der Waals surface area contributed by atoms with Crippen LogP contribution in [0.3, 0.4) is 0 Å². The Bertz CT molecular complexity index is 1310. The van der Waals surface area contributed by atoms with Crippen molar-refractivity contribution in [1.29, 1.82) is 0 Å². The number of benzene rings is 1. The van der Waals surface area contributed by atoms with Gasteiger partial charge in [0.15, 0.2) is 0 Å². The Morgan fingerprint density at radius 1 is 1.19 bits per heavy atom. The van der Waals surface area contributed by atoms with Gasteiger partial charge < -0.3 is 20.1 Å². The average molecular weight is 520 g/mol. The minimum absolute atomic E-state index is 0.00108. The summed E-state index contributed by atoms with van der Waals surface area (Å²) in [6.45, 7) is 6.23. The minimum atomic E-state index is -4.53. The van der Waals surface area contributed by atoms with Crippen LogP contribution in [0, 0.1) is 6.92 Å². The lowest BCUT2D eigenvalue weighted by molar-refractivity contribution is -0.138. The molecule has 1 aromatic carbocycles. The summed E-state index contributed by atoms with van der Waals surface area (Å²) in [5.74, 6) is 0.418. The fourth-order valence-electron chi connectivity index (χ4n) is 4.28. The number of imidazole rings is 1. The van der Waals surface area contributed by atoms with Gasteiger partial charge in [-0.15, -0.1) is 0 Å². The van der Waals surface area contributed by atoms with Crippen LogP contribution >= 0.6 is 0 Å². The molecule has 1 fully saturated rings. The second kappa shape index (κ2) is 10.3. The Balaban J connectivity index is 1.53. The molecule has 0 radical (unpaired) electrons. The van der Waals surface area contributed by atoms with Crippen LogP contribution in [0.15, 0.2) is 36.2 Å². The van der Waals surface area contributed by atoms with Gasteiger partial charge >= 0.3 is 6.18 Å². The molecule has 2 atom stereocenters. The number of fused-ring (bicyclic) bond motifs is 1. The highest BCUT2D eigenvalue weighted by Crippen LogP contribution is 2.30. The van der Waals surface area contributed by atoms with Gasteiger partial charge in [0.2, 0.25) is 17.8 Å². The van der Waals surface area contributed by atoms with Crippen molar-refractivity contribution in [3.05, 3.63) is 47.3 Å². The molecular formula is C25H29F4N7O. The number of nitrogens with one attached hydrogen (secondary N) is 2. The summed E-state index contributed by atoms with van der Waals surface area (Å²) in [5, 5.41) is 5.86. The molecule has 1 amide bonds. The summed E-state index contributed by atoms with van der Waals surface area (Å²) < 4.78 is 54.9. The lowest BCUT2D eigenvalue weighted by Gasteiger charge is -2.35. The van der Waals surface area contributed by atoms with E-state index in [2.05, 4.69) is 20.6 Å². The van der Waals surface area contributed by atoms with Crippen LogP contribution in [-0.2, 0) is 18.0 Å². The van der Waals surface area contributed by atoms with E-state index in [4.69, 9.17) is 4.98 Å². The zero-order chi connectivity index (χ0) is 26.9. The van der Waals surface area contributed by atoms with E-state index in [-0.39, 0.29) is 31.2 Å². The first kappa shape index (κ1) is 26.4. The van der Waals surface area contributed by atoms with Crippen LogP contribution in [0.5, 0.6) is 0 Å². The normalized spacial score (nSPS) is 18.1. The average Bonchev–Trinajstić information content (AvgIpc) is 3.12. The molecule has 1 aliphatic rings. The number of carbonyl (C=O) groups excluding carboxylic acids is 1. The molecule has 3 aromatic rings. The number of hydrogen-bond acceptors (Lipinski definition) is 6. The van der Waals surface area contributed by atoms with E-state index in [0.29, 0.717) is 36.1 Å². The van der Waals surface area contributed by atoms with Gasteiger partial charge in [-0.2, -0.15) is 13.2 Å². The molecule has 4 rings (SSSR count). The van der Waals surface area contributed by atoms with E-state index >= 15 is 0 Å². The van der Waals surface area contributed by atoms with Gasteiger partial charge in [0.05, 0.1) is 23.1 Å². The Hall–Kier alpha value is -3.70. The van der Waals surface area contributed by atoms with Crippen molar-refractivity contribution >= 4 is 34.5 Å². The van der Waals surface area contributed by atoms with Gasteiger partial charge in [-0.25, -0.2) is 19.3 Å². The highest BCUT2D eigenvalue weighted by atomic mass is 19.4. The first-order valence-electron chi connectivity index (χ1n) is 11.9. The second-order valence-electron chi connectivity index (χ2n) is 9.53. The molecule has 1 saturated heterocycles. The molecule has 0 spiro atoms. The van der Waals surface area contributed by atoms with Crippen LogP contribution in [0.2, 0.25) is 0 Å².